The molecular formula is C17H19NO3. The summed E-state index contributed by atoms with van der Waals surface area (Å²) in [6.07, 6.45) is 0.470. The zero-order chi connectivity index (χ0) is 15.1. The highest BCUT2D eigenvalue weighted by Crippen LogP contribution is 2.13. The molecule has 110 valence electrons. The summed E-state index contributed by atoms with van der Waals surface area (Å²) in [5, 5.41) is 0. The van der Waals surface area contributed by atoms with Gasteiger partial charge in [0.25, 0.3) is 0 Å². The zero-order valence-corrected chi connectivity index (χ0v) is 12.0. The van der Waals surface area contributed by atoms with Crippen molar-refractivity contribution in [3.05, 3.63) is 65.7 Å². The van der Waals surface area contributed by atoms with Crippen LogP contribution in [0.1, 0.15) is 11.1 Å². The monoisotopic (exact) mass is 285 g/mol. The molecule has 0 fully saturated rings. The van der Waals surface area contributed by atoms with Gasteiger partial charge >= 0.3 is 5.97 Å². The first kappa shape index (κ1) is 15.1. The molecule has 0 bridgehead atoms. The van der Waals surface area contributed by atoms with E-state index < -0.39 is 12.0 Å². The van der Waals surface area contributed by atoms with E-state index in [-0.39, 0.29) is 6.61 Å². The van der Waals surface area contributed by atoms with Gasteiger partial charge in [0.05, 0.1) is 7.11 Å². The quantitative estimate of drug-likeness (QED) is 0.827. The summed E-state index contributed by atoms with van der Waals surface area (Å²) in [6, 6.07) is 16.4. The van der Waals surface area contributed by atoms with Crippen LogP contribution in [0.5, 0.6) is 5.75 Å². The van der Waals surface area contributed by atoms with E-state index in [0.29, 0.717) is 6.42 Å². The lowest BCUT2D eigenvalue weighted by Crippen LogP contribution is -2.34. The van der Waals surface area contributed by atoms with Gasteiger partial charge in [-0.25, -0.2) is 0 Å². The van der Waals surface area contributed by atoms with E-state index >= 15 is 0 Å². The second-order valence-electron chi connectivity index (χ2n) is 4.76. The van der Waals surface area contributed by atoms with Gasteiger partial charge in [-0.3, -0.25) is 4.79 Å². The molecule has 2 rings (SSSR count). The molecule has 2 aromatic rings. The molecule has 0 heterocycles. The molecule has 4 nitrogen and oxygen atoms in total. The van der Waals surface area contributed by atoms with Gasteiger partial charge in [0.2, 0.25) is 0 Å². The maximum absolute atomic E-state index is 11.9. The second kappa shape index (κ2) is 7.45. The molecule has 0 radical (unpaired) electrons. The lowest BCUT2D eigenvalue weighted by molar-refractivity contribution is -0.146. The predicted octanol–water partition coefficient (Wildman–Crippen LogP) is 2.31. The van der Waals surface area contributed by atoms with E-state index in [0.717, 1.165) is 16.9 Å². The maximum atomic E-state index is 11.9. The molecule has 1 atom stereocenters. The van der Waals surface area contributed by atoms with Crippen molar-refractivity contribution in [1.82, 2.24) is 0 Å². The van der Waals surface area contributed by atoms with Gasteiger partial charge in [-0.2, -0.15) is 0 Å². The SMILES string of the molecule is COc1cccc(COC(=O)[C@H](N)Cc2ccccc2)c1. The number of carbonyl (C=O) groups is 1. The number of ether oxygens (including phenoxy) is 2. The Labute approximate surface area is 124 Å². The second-order valence-corrected chi connectivity index (χ2v) is 4.76. The fraction of sp³-hybridized carbons (Fsp3) is 0.235. The smallest absolute Gasteiger partial charge is 0.323 e. The van der Waals surface area contributed by atoms with Crippen LogP contribution in [0.3, 0.4) is 0 Å². The van der Waals surface area contributed by atoms with Crippen molar-refractivity contribution in [2.75, 3.05) is 7.11 Å². The molecule has 21 heavy (non-hydrogen) atoms. The molecule has 2 aromatic carbocycles. The van der Waals surface area contributed by atoms with Crippen LogP contribution in [0.4, 0.5) is 0 Å². The number of hydrogen-bond donors (Lipinski definition) is 1. The highest BCUT2D eigenvalue weighted by Gasteiger charge is 2.15. The molecule has 0 aromatic heterocycles. The Bertz CT molecular complexity index is 584. The van der Waals surface area contributed by atoms with Crippen molar-refractivity contribution in [1.29, 1.82) is 0 Å². The number of nitrogens with two attached hydrogens (primary N) is 1. The van der Waals surface area contributed by atoms with Gasteiger partial charge in [-0.05, 0) is 29.7 Å². The predicted molar refractivity (Wildman–Crippen MR) is 80.9 cm³/mol. The van der Waals surface area contributed by atoms with Crippen LogP contribution in [0.2, 0.25) is 0 Å². The number of hydrogen-bond acceptors (Lipinski definition) is 4. The summed E-state index contributed by atoms with van der Waals surface area (Å²) in [5.41, 5.74) is 7.76. The summed E-state index contributed by atoms with van der Waals surface area (Å²) in [5.74, 6) is 0.332. The van der Waals surface area contributed by atoms with Gasteiger partial charge in [0.15, 0.2) is 0 Å². The first-order chi connectivity index (χ1) is 10.2. The molecule has 2 N–H and O–H groups in total. The first-order valence-electron chi connectivity index (χ1n) is 6.78. The van der Waals surface area contributed by atoms with Crippen molar-refractivity contribution >= 4 is 5.97 Å². The fourth-order valence-electron chi connectivity index (χ4n) is 1.98. The molecule has 0 aliphatic carbocycles. The Kier molecular flexibility index (Phi) is 5.35. The Morgan fingerprint density at radius 1 is 1.10 bits per heavy atom. The number of rotatable bonds is 6. The molecule has 0 saturated carbocycles. The van der Waals surface area contributed by atoms with E-state index in [4.69, 9.17) is 15.2 Å². The van der Waals surface area contributed by atoms with Crippen molar-refractivity contribution < 1.29 is 14.3 Å². The largest absolute Gasteiger partial charge is 0.497 e. The minimum Gasteiger partial charge on any atom is -0.497 e. The Morgan fingerprint density at radius 2 is 1.81 bits per heavy atom. The third kappa shape index (κ3) is 4.61. The van der Waals surface area contributed by atoms with Crippen LogP contribution in [-0.2, 0) is 22.6 Å². The minimum absolute atomic E-state index is 0.193. The van der Waals surface area contributed by atoms with Crippen LogP contribution in [0.15, 0.2) is 54.6 Å². The minimum atomic E-state index is -0.655. The van der Waals surface area contributed by atoms with Crippen LogP contribution in [-0.4, -0.2) is 19.1 Å². The molecule has 0 amide bonds. The third-order valence-electron chi connectivity index (χ3n) is 3.12. The lowest BCUT2D eigenvalue weighted by atomic mass is 10.1. The molecule has 0 aliphatic heterocycles. The summed E-state index contributed by atoms with van der Waals surface area (Å²) in [4.78, 5) is 11.9. The average Bonchev–Trinajstić information content (AvgIpc) is 2.53. The van der Waals surface area contributed by atoms with E-state index in [1.165, 1.54) is 0 Å². The molecule has 0 unspecified atom stereocenters. The Hall–Kier alpha value is -2.33. The van der Waals surface area contributed by atoms with Crippen molar-refractivity contribution in [3.63, 3.8) is 0 Å². The summed E-state index contributed by atoms with van der Waals surface area (Å²) in [6.45, 7) is 0.193. The third-order valence-corrected chi connectivity index (χ3v) is 3.12. The van der Waals surface area contributed by atoms with Crippen LogP contribution in [0.25, 0.3) is 0 Å². The van der Waals surface area contributed by atoms with Gasteiger partial charge in [-0.1, -0.05) is 42.5 Å². The van der Waals surface area contributed by atoms with Crippen LogP contribution in [0, 0.1) is 0 Å². The van der Waals surface area contributed by atoms with Crippen LogP contribution >= 0.6 is 0 Å². The number of carbonyl (C=O) groups excluding carboxylic acids is 1. The molecule has 0 spiro atoms. The summed E-state index contributed by atoms with van der Waals surface area (Å²) in [7, 11) is 1.60. The topological polar surface area (TPSA) is 61.5 Å². The maximum Gasteiger partial charge on any atom is 0.323 e. The van der Waals surface area contributed by atoms with Gasteiger partial charge in [0, 0.05) is 0 Å². The molecule has 0 aliphatic rings. The molecule has 4 heteroatoms. The van der Waals surface area contributed by atoms with Crippen molar-refractivity contribution in [2.45, 2.75) is 19.1 Å². The van der Waals surface area contributed by atoms with Crippen molar-refractivity contribution in [3.8, 4) is 5.75 Å². The normalized spacial score (nSPS) is 11.7. The van der Waals surface area contributed by atoms with E-state index in [9.17, 15) is 4.79 Å². The zero-order valence-electron chi connectivity index (χ0n) is 12.0. The Balaban J connectivity index is 1.86. The summed E-state index contributed by atoms with van der Waals surface area (Å²) < 4.78 is 10.4. The average molecular weight is 285 g/mol. The molecule has 0 saturated heterocycles. The standard InChI is InChI=1S/C17H19NO3/c1-20-15-9-5-8-14(10-15)12-21-17(19)16(18)11-13-6-3-2-4-7-13/h2-10,16H,11-12,18H2,1H3/t16-/m1/s1. The van der Waals surface area contributed by atoms with Crippen molar-refractivity contribution in [2.24, 2.45) is 5.73 Å². The van der Waals surface area contributed by atoms with Gasteiger partial charge in [-0.15, -0.1) is 0 Å². The molecular weight excluding hydrogens is 266 g/mol. The summed E-state index contributed by atoms with van der Waals surface area (Å²) >= 11 is 0. The lowest BCUT2D eigenvalue weighted by Gasteiger charge is -2.12. The highest BCUT2D eigenvalue weighted by atomic mass is 16.5. The number of esters is 1. The van der Waals surface area contributed by atoms with Gasteiger partial charge in [0.1, 0.15) is 18.4 Å². The fourth-order valence-corrected chi connectivity index (χ4v) is 1.98. The van der Waals surface area contributed by atoms with E-state index in [2.05, 4.69) is 0 Å². The number of benzene rings is 2. The van der Waals surface area contributed by atoms with Crippen LogP contribution < -0.4 is 10.5 Å². The van der Waals surface area contributed by atoms with E-state index in [1.54, 1.807) is 7.11 Å². The number of methoxy groups -OCH3 is 1. The first-order valence-corrected chi connectivity index (χ1v) is 6.78. The van der Waals surface area contributed by atoms with E-state index in [1.807, 2.05) is 54.6 Å². The van der Waals surface area contributed by atoms with Gasteiger partial charge < -0.3 is 15.2 Å². The Morgan fingerprint density at radius 3 is 2.52 bits per heavy atom. The highest BCUT2D eigenvalue weighted by molar-refractivity contribution is 5.75.